The number of β-amino-alcohol motifs (C(OH)–C–C–N with tert-alkyl or cyclic N) is 1. The maximum absolute atomic E-state index is 10.4. The molecule has 1 aromatic carbocycles. The fourth-order valence-electron chi connectivity index (χ4n) is 2.19. The van der Waals surface area contributed by atoms with E-state index in [0.717, 1.165) is 18.5 Å². The minimum atomic E-state index is -1.03. The van der Waals surface area contributed by atoms with Gasteiger partial charge in [-0.25, -0.2) is 0 Å². The molecule has 0 aliphatic carbocycles. The first-order chi connectivity index (χ1) is 8.78. The predicted octanol–water partition coefficient (Wildman–Crippen LogP) is 1.31. The minimum Gasteiger partial charge on any atom is -0.379 e. The van der Waals surface area contributed by atoms with Gasteiger partial charge in [0, 0.05) is 12.1 Å². The Morgan fingerprint density at radius 1 is 1.28 bits per heavy atom. The molecule has 5 nitrogen and oxygen atoms in total. The molecule has 2 N–H and O–H groups in total. The van der Waals surface area contributed by atoms with Crippen LogP contribution in [-0.4, -0.2) is 28.3 Å². The van der Waals surface area contributed by atoms with Gasteiger partial charge in [0.25, 0.3) is 5.89 Å². The van der Waals surface area contributed by atoms with E-state index in [1.54, 1.807) is 0 Å². The van der Waals surface area contributed by atoms with Crippen molar-refractivity contribution >= 4 is 0 Å². The third kappa shape index (κ3) is 2.02. The lowest BCUT2D eigenvalue weighted by molar-refractivity contribution is -0.0167. The standard InChI is InChI=1S/C13H15N3O2/c17-13(7-4-8-14-9-13)12-15-11(16-18-12)10-5-2-1-3-6-10/h1-3,5-6,14,17H,4,7-9H2. The molecule has 0 amide bonds. The van der Waals surface area contributed by atoms with Gasteiger partial charge in [0.1, 0.15) is 0 Å². The maximum atomic E-state index is 10.4. The van der Waals surface area contributed by atoms with E-state index < -0.39 is 5.60 Å². The molecule has 1 aliphatic heterocycles. The van der Waals surface area contributed by atoms with Crippen LogP contribution in [0.3, 0.4) is 0 Å². The molecular formula is C13H15N3O2. The second-order valence-corrected chi connectivity index (χ2v) is 4.60. The molecule has 1 aliphatic rings. The van der Waals surface area contributed by atoms with Crippen LogP contribution in [-0.2, 0) is 5.60 Å². The molecule has 94 valence electrons. The lowest BCUT2D eigenvalue weighted by atomic mass is 9.94. The van der Waals surface area contributed by atoms with Crippen LogP contribution in [0.5, 0.6) is 0 Å². The average Bonchev–Trinajstić information content (AvgIpc) is 2.91. The van der Waals surface area contributed by atoms with Gasteiger partial charge in [-0.05, 0) is 19.4 Å². The molecule has 1 fully saturated rings. The Hall–Kier alpha value is -1.72. The lowest BCUT2D eigenvalue weighted by Crippen LogP contribution is -2.43. The number of rotatable bonds is 2. The number of piperidine rings is 1. The summed E-state index contributed by atoms with van der Waals surface area (Å²) in [6.07, 6.45) is 1.55. The van der Waals surface area contributed by atoms with E-state index in [4.69, 9.17) is 4.52 Å². The highest BCUT2D eigenvalue weighted by Gasteiger charge is 2.37. The normalized spacial score (nSPS) is 24.1. The summed E-state index contributed by atoms with van der Waals surface area (Å²) in [6, 6.07) is 9.60. The highest BCUT2D eigenvalue weighted by atomic mass is 16.5. The number of hydrogen-bond acceptors (Lipinski definition) is 5. The Bertz CT molecular complexity index is 518. The molecule has 0 spiro atoms. The minimum absolute atomic E-state index is 0.300. The summed E-state index contributed by atoms with van der Waals surface area (Å²) in [5, 5.41) is 17.5. The van der Waals surface area contributed by atoms with Crippen LogP contribution in [0.25, 0.3) is 11.4 Å². The first-order valence-electron chi connectivity index (χ1n) is 6.11. The largest absolute Gasteiger partial charge is 0.379 e. The summed E-state index contributed by atoms with van der Waals surface area (Å²) in [4.78, 5) is 4.31. The van der Waals surface area contributed by atoms with Gasteiger partial charge in [-0.15, -0.1) is 0 Å². The van der Waals surface area contributed by atoms with Crippen molar-refractivity contribution in [2.45, 2.75) is 18.4 Å². The number of nitrogens with zero attached hydrogens (tertiary/aromatic N) is 2. The zero-order chi connectivity index (χ0) is 12.4. The summed E-state index contributed by atoms with van der Waals surface area (Å²) < 4.78 is 5.21. The van der Waals surface area contributed by atoms with E-state index in [-0.39, 0.29) is 0 Å². The summed E-state index contributed by atoms with van der Waals surface area (Å²) in [5.74, 6) is 0.818. The predicted molar refractivity (Wildman–Crippen MR) is 65.7 cm³/mol. The number of nitrogens with one attached hydrogen (secondary N) is 1. The monoisotopic (exact) mass is 245 g/mol. The average molecular weight is 245 g/mol. The smallest absolute Gasteiger partial charge is 0.260 e. The molecule has 0 bridgehead atoms. The van der Waals surface area contributed by atoms with E-state index in [1.165, 1.54) is 0 Å². The van der Waals surface area contributed by atoms with Crippen molar-refractivity contribution in [1.82, 2.24) is 15.5 Å². The molecule has 18 heavy (non-hydrogen) atoms. The van der Waals surface area contributed by atoms with Gasteiger partial charge in [0.2, 0.25) is 5.82 Å². The van der Waals surface area contributed by atoms with Crippen LogP contribution < -0.4 is 5.32 Å². The Morgan fingerprint density at radius 2 is 2.11 bits per heavy atom. The molecule has 1 aromatic heterocycles. The molecule has 0 radical (unpaired) electrons. The quantitative estimate of drug-likeness (QED) is 0.834. The molecule has 2 aromatic rings. The molecular weight excluding hydrogens is 230 g/mol. The summed E-state index contributed by atoms with van der Waals surface area (Å²) in [7, 11) is 0. The van der Waals surface area contributed by atoms with Crippen molar-refractivity contribution in [3.63, 3.8) is 0 Å². The van der Waals surface area contributed by atoms with Crippen LogP contribution in [0.1, 0.15) is 18.7 Å². The van der Waals surface area contributed by atoms with Crippen molar-refractivity contribution < 1.29 is 9.63 Å². The lowest BCUT2D eigenvalue weighted by Gasteiger charge is -2.28. The van der Waals surface area contributed by atoms with Gasteiger partial charge in [-0.2, -0.15) is 4.98 Å². The van der Waals surface area contributed by atoms with Crippen molar-refractivity contribution in [3.8, 4) is 11.4 Å². The molecule has 1 atom stereocenters. The first kappa shape index (κ1) is 11.4. The second kappa shape index (κ2) is 4.51. The van der Waals surface area contributed by atoms with Crippen LogP contribution >= 0.6 is 0 Å². The Labute approximate surface area is 105 Å². The van der Waals surface area contributed by atoms with Gasteiger partial charge in [-0.1, -0.05) is 35.5 Å². The molecule has 3 rings (SSSR count). The highest BCUT2D eigenvalue weighted by molar-refractivity contribution is 5.53. The van der Waals surface area contributed by atoms with Crippen LogP contribution in [0.15, 0.2) is 34.9 Å². The van der Waals surface area contributed by atoms with Gasteiger partial charge in [-0.3, -0.25) is 0 Å². The maximum Gasteiger partial charge on any atom is 0.260 e. The third-order valence-corrected chi connectivity index (χ3v) is 3.22. The zero-order valence-corrected chi connectivity index (χ0v) is 9.97. The number of aromatic nitrogens is 2. The number of benzene rings is 1. The Kier molecular flexibility index (Phi) is 2.85. The molecule has 2 heterocycles. The van der Waals surface area contributed by atoms with Crippen molar-refractivity contribution in [1.29, 1.82) is 0 Å². The number of aliphatic hydroxyl groups is 1. The Morgan fingerprint density at radius 3 is 2.83 bits per heavy atom. The van der Waals surface area contributed by atoms with Crippen molar-refractivity contribution in [3.05, 3.63) is 36.2 Å². The topological polar surface area (TPSA) is 71.2 Å². The van der Waals surface area contributed by atoms with E-state index in [9.17, 15) is 5.11 Å². The van der Waals surface area contributed by atoms with Gasteiger partial charge in [0.05, 0.1) is 0 Å². The van der Waals surface area contributed by atoms with E-state index in [2.05, 4.69) is 15.5 Å². The molecule has 1 saturated heterocycles. The van der Waals surface area contributed by atoms with Crippen molar-refractivity contribution in [2.75, 3.05) is 13.1 Å². The van der Waals surface area contributed by atoms with Crippen LogP contribution in [0.2, 0.25) is 0 Å². The SMILES string of the molecule is OC1(c2nc(-c3ccccc3)no2)CCCNC1. The molecule has 0 saturated carbocycles. The summed E-state index contributed by atoms with van der Waals surface area (Å²) in [5.41, 5.74) is -0.141. The van der Waals surface area contributed by atoms with Gasteiger partial charge in [0.15, 0.2) is 5.60 Å². The van der Waals surface area contributed by atoms with Crippen LogP contribution in [0, 0.1) is 0 Å². The van der Waals surface area contributed by atoms with Crippen molar-refractivity contribution in [2.24, 2.45) is 0 Å². The van der Waals surface area contributed by atoms with Gasteiger partial charge < -0.3 is 14.9 Å². The first-order valence-corrected chi connectivity index (χ1v) is 6.11. The number of hydrogen-bond donors (Lipinski definition) is 2. The third-order valence-electron chi connectivity index (χ3n) is 3.22. The fourth-order valence-corrected chi connectivity index (χ4v) is 2.19. The summed E-state index contributed by atoms with van der Waals surface area (Å²) >= 11 is 0. The zero-order valence-electron chi connectivity index (χ0n) is 9.97. The fraction of sp³-hybridized carbons (Fsp3) is 0.385. The second-order valence-electron chi connectivity index (χ2n) is 4.60. The summed E-state index contributed by atoms with van der Waals surface area (Å²) in [6.45, 7) is 1.38. The van der Waals surface area contributed by atoms with E-state index >= 15 is 0 Å². The van der Waals surface area contributed by atoms with E-state index in [0.29, 0.717) is 24.7 Å². The van der Waals surface area contributed by atoms with Crippen LogP contribution in [0.4, 0.5) is 0 Å². The van der Waals surface area contributed by atoms with E-state index in [1.807, 2.05) is 30.3 Å². The Balaban J connectivity index is 1.89. The molecule has 5 heteroatoms. The highest BCUT2D eigenvalue weighted by Crippen LogP contribution is 2.28. The molecule has 1 unspecified atom stereocenters. The van der Waals surface area contributed by atoms with Gasteiger partial charge >= 0.3 is 0 Å².